The van der Waals surface area contributed by atoms with Crippen molar-refractivity contribution in [2.75, 3.05) is 20.1 Å². The predicted molar refractivity (Wildman–Crippen MR) is 79.1 cm³/mol. The highest BCUT2D eigenvalue weighted by Crippen LogP contribution is 2.28. The average molecular weight is 280 g/mol. The van der Waals surface area contributed by atoms with Crippen LogP contribution >= 0.6 is 0 Å². The van der Waals surface area contributed by atoms with Gasteiger partial charge >= 0.3 is 0 Å². The number of hydrogen-bond acceptors (Lipinski definition) is 2. The number of hydrogen-bond donors (Lipinski definition) is 0. The van der Waals surface area contributed by atoms with Crippen molar-refractivity contribution < 1.29 is 9.59 Å². The van der Waals surface area contributed by atoms with Gasteiger partial charge in [-0.25, -0.2) is 0 Å². The summed E-state index contributed by atoms with van der Waals surface area (Å²) in [5.74, 6) is 1.71. The quantitative estimate of drug-likeness (QED) is 0.748. The molecule has 1 saturated carbocycles. The molecule has 2 rings (SSSR count). The van der Waals surface area contributed by atoms with Gasteiger partial charge in [-0.05, 0) is 31.1 Å². The third-order valence-corrected chi connectivity index (χ3v) is 4.86. The van der Waals surface area contributed by atoms with Gasteiger partial charge in [-0.2, -0.15) is 0 Å². The molecule has 0 bridgehead atoms. The second kappa shape index (κ2) is 6.15. The van der Waals surface area contributed by atoms with E-state index in [4.69, 9.17) is 0 Å². The Morgan fingerprint density at radius 1 is 1.20 bits per heavy atom. The lowest BCUT2D eigenvalue weighted by molar-refractivity contribution is -0.139. The Labute approximate surface area is 122 Å². The lowest BCUT2D eigenvalue weighted by Crippen LogP contribution is -2.51. The summed E-state index contributed by atoms with van der Waals surface area (Å²) in [6, 6.07) is 0.461. The fourth-order valence-corrected chi connectivity index (χ4v) is 2.75. The number of nitrogens with zero attached hydrogens (tertiary/aromatic N) is 2. The number of rotatable bonds is 6. The molecular formula is C16H28N2O2. The lowest BCUT2D eigenvalue weighted by atomic mass is 9.88. The Morgan fingerprint density at radius 2 is 1.80 bits per heavy atom. The van der Waals surface area contributed by atoms with Crippen LogP contribution < -0.4 is 0 Å². The van der Waals surface area contributed by atoms with Crippen molar-refractivity contribution >= 4 is 11.8 Å². The molecule has 1 heterocycles. The van der Waals surface area contributed by atoms with E-state index in [-0.39, 0.29) is 17.7 Å². The molecule has 2 amide bonds. The van der Waals surface area contributed by atoms with Gasteiger partial charge in [0.15, 0.2) is 0 Å². The van der Waals surface area contributed by atoms with Crippen LogP contribution in [0.25, 0.3) is 0 Å². The van der Waals surface area contributed by atoms with Gasteiger partial charge in [0.25, 0.3) is 0 Å². The molecule has 0 aromatic rings. The van der Waals surface area contributed by atoms with E-state index in [1.54, 1.807) is 0 Å². The van der Waals surface area contributed by atoms with Gasteiger partial charge in [0.05, 0.1) is 0 Å². The summed E-state index contributed by atoms with van der Waals surface area (Å²) in [6.45, 7) is 8.17. The molecule has 114 valence electrons. The fraction of sp³-hybridized carbons (Fsp3) is 0.875. The summed E-state index contributed by atoms with van der Waals surface area (Å²) in [5.41, 5.74) is 0. The van der Waals surface area contributed by atoms with Gasteiger partial charge < -0.3 is 9.80 Å². The minimum Gasteiger partial charge on any atom is -0.343 e. The van der Waals surface area contributed by atoms with Gasteiger partial charge in [0.1, 0.15) is 0 Å². The summed E-state index contributed by atoms with van der Waals surface area (Å²) >= 11 is 0. The van der Waals surface area contributed by atoms with Crippen LogP contribution in [0.2, 0.25) is 0 Å². The first kappa shape index (κ1) is 15.3. The van der Waals surface area contributed by atoms with Crippen molar-refractivity contribution in [2.45, 2.75) is 52.5 Å². The van der Waals surface area contributed by atoms with Crippen molar-refractivity contribution in [1.82, 2.24) is 9.80 Å². The number of carbonyl (C=O) groups is 2. The van der Waals surface area contributed by atoms with Gasteiger partial charge in [-0.3, -0.25) is 9.59 Å². The second-order valence-electron chi connectivity index (χ2n) is 6.92. The summed E-state index contributed by atoms with van der Waals surface area (Å²) < 4.78 is 0. The van der Waals surface area contributed by atoms with E-state index >= 15 is 0 Å². The van der Waals surface area contributed by atoms with Crippen LogP contribution in [0.15, 0.2) is 0 Å². The lowest BCUT2D eigenvalue weighted by Gasteiger charge is -2.41. The number of likely N-dealkylation sites (tertiary alicyclic amines) is 1. The van der Waals surface area contributed by atoms with E-state index in [1.807, 2.05) is 23.8 Å². The van der Waals surface area contributed by atoms with Crippen LogP contribution in [0.3, 0.4) is 0 Å². The van der Waals surface area contributed by atoms with Gasteiger partial charge in [-0.1, -0.05) is 20.8 Å². The smallest absolute Gasteiger partial charge is 0.225 e. The van der Waals surface area contributed by atoms with Gasteiger partial charge in [0.2, 0.25) is 11.8 Å². The fourth-order valence-electron chi connectivity index (χ4n) is 2.75. The van der Waals surface area contributed by atoms with Crippen LogP contribution in [0, 0.1) is 17.8 Å². The largest absolute Gasteiger partial charge is 0.343 e. The first-order valence-corrected chi connectivity index (χ1v) is 7.94. The molecule has 1 atom stereocenters. The van der Waals surface area contributed by atoms with E-state index < -0.39 is 0 Å². The highest BCUT2D eigenvalue weighted by atomic mass is 16.2. The molecular weight excluding hydrogens is 252 g/mol. The second-order valence-corrected chi connectivity index (χ2v) is 6.92. The highest BCUT2D eigenvalue weighted by molar-refractivity contribution is 5.81. The first-order valence-electron chi connectivity index (χ1n) is 7.94. The van der Waals surface area contributed by atoms with Crippen LogP contribution in [0.4, 0.5) is 0 Å². The van der Waals surface area contributed by atoms with Crippen LogP contribution in [-0.4, -0.2) is 47.8 Å². The van der Waals surface area contributed by atoms with E-state index in [2.05, 4.69) is 13.8 Å². The third-order valence-electron chi connectivity index (χ3n) is 4.86. The maximum absolute atomic E-state index is 12.1. The van der Waals surface area contributed by atoms with E-state index in [0.29, 0.717) is 30.7 Å². The Bertz CT molecular complexity index is 371. The molecule has 0 aromatic carbocycles. The maximum Gasteiger partial charge on any atom is 0.225 e. The monoisotopic (exact) mass is 280 g/mol. The highest BCUT2D eigenvalue weighted by Gasteiger charge is 2.34. The summed E-state index contributed by atoms with van der Waals surface area (Å²) in [7, 11) is 1.89. The molecule has 1 aliphatic carbocycles. The Kier molecular flexibility index (Phi) is 4.71. The minimum atomic E-state index is -0.0354. The van der Waals surface area contributed by atoms with Crippen molar-refractivity contribution in [2.24, 2.45) is 17.8 Å². The van der Waals surface area contributed by atoms with Crippen molar-refractivity contribution in [3.8, 4) is 0 Å². The zero-order valence-electron chi connectivity index (χ0n) is 13.3. The molecule has 2 aliphatic rings. The molecule has 0 radical (unpaired) electrons. The van der Waals surface area contributed by atoms with E-state index in [0.717, 1.165) is 25.9 Å². The summed E-state index contributed by atoms with van der Waals surface area (Å²) in [5, 5.41) is 0. The Balaban J connectivity index is 1.67. The molecule has 0 N–H and O–H groups in total. The summed E-state index contributed by atoms with van der Waals surface area (Å²) in [6.07, 6.45) is 3.46. The molecule has 0 aromatic heterocycles. The first-order chi connectivity index (χ1) is 9.40. The SMILES string of the molecule is CC(CCC(=O)N1CC(C(C)C)C1)C(=O)N(C)C1CC1. The normalized spacial score (nSPS) is 20.8. The maximum atomic E-state index is 12.1. The van der Waals surface area contributed by atoms with Crippen molar-refractivity contribution in [3.05, 3.63) is 0 Å². The molecule has 1 saturated heterocycles. The molecule has 1 unspecified atom stereocenters. The Hall–Kier alpha value is -1.06. The third kappa shape index (κ3) is 3.53. The molecule has 20 heavy (non-hydrogen) atoms. The number of amides is 2. The number of carbonyl (C=O) groups excluding carboxylic acids is 2. The van der Waals surface area contributed by atoms with Crippen molar-refractivity contribution in [1.29, 1.82) is 0 Å². The standard InChI is InChI=1S/C16H28N2O2/c1-11(2)13-9-18(10-13)15(19)8-5-12(3)16(20)17(4)14-6-7-14/h11-14H,5-10H2,1-4H3. The van der Waals surface area contributed by atoms with Crippen molar-refractivity contribution in [3.63, 3.8) is 0 Å². The molecule has 0 spiro atoms. The van der Waals surface area contributed by atoms with E-state index in [9.17, 15) is 9.59 Å². The predicted octanol–water partition coefficient (Wildman–Crippen LogP) is 2.14. The van der Waals surface area contributed by atoms with Gasteiger partial charge in [-0.15, -0.1) is 0 Å². The minimum absolute atomic E-state index is 0.0354. The molecule has 2 fully saturated rings. The zero-order chi connectivity index (χ0) is 14.9. The van der Waals surface area contributed by atoms with Crippen LogP contribution in [-0.2, 0) is 9.59 Å². The molecule has 1 aliphatic heterocycles. The van der Waals surface area contributed by atoms with E-state index in [1.165, 1.54) is 0 Å². The molecule has 4 heteroatoms. The Morgan fingerprint density at radius 3 is 2.30 bits per heavy atom. The van der Waals surface area contributed by atoms with Crippen LogP contribution in [0.5, 0.6) is 0 Å². The average Bonchev–Trinajstić information content (AvgIpc) is 3.15. The van der Waals surface area contributed by atoms with Crippen LogP contribution in [0.1, 0.15) is 46.5 Å². The summed E-state index contributed by atoms with van der Waals surface area (Å²) in [4.78, 5) is 28.0. The van der Waals surface area contributed by atoms with Gasteiger partial charge in [0, 0.05) is 38.5 Å². The topological polar surface area (TPSA) is 40.6 Å². The molecule has 4 nitrogen and oxygen atoms in total. The zero-order valence-corrected chi connectivity index (χ0v) is 13.3.